The van der Waals surface area contributed by atoms with E-state index < -0.39 is 11.8 Å². The zero-order chi connectivity index (χ0) is 14.5. The van der Waals surface area contributed by atoms with E-state index in [2.05, 4.69) is 4.98 Å². The Labute approximate surface area is 119 Å². The predicted molar refractivity (Wildman–Crippen MR) is 72.9 cm³/mol. The molecule has 1 heterocycles. The maximum atomic E-state index is 13.7. The van der Waals surface area contributed by atoms with Crippen LogP contribution in [0.25, 0.3) is 0 Å². The van der Waals surface area contributed by atoms with Crippen LogP contribution < -0.4 is 4.74 Å². The lowest BCUT2D eigenvalue weighted by molar-refractivity contribution is 0.0696. The molecule has 0 radical (unpaired) electrons. The van der Waals surface area contributed by atoms with Crippen LogP contribution in [0.1, 0.15) is 17.3 Å². The summed E-state index contributed by atoms with van der Waals surface area (Å²) in [5.74, 6) is -1.13. The number of carboxylic acids is 1. The number of hydrogen-bond donors (Lipinski definition) is 1. The van der Waals surface area contributed by atoms with Crippen LogP contribution in [-0.2, 0) is 0 Å². The maximum Gasteiger partial charge on any atom is 0.335 e. The Balaban J connectivity index is 2.27. The van der Waals surface area contributed by atoms with Crippen molar-refractivity contribution in [2.45, 2.75) is 16.8 Å². The number of carbonyl (C=O) groups is 1. The largest absolute Gasteiger partial charge is 0.478 e. The molecule has 1 aromatic carbocycles. The number of hydrogen-bond acceptors (Lipinski definition) is 4. The molecule has 0 aliphatic carbocycles. The summed E-state index contributed by atoms with van der Waals surface area (Å²) in [4.78, 5) is 15.3. The van der Waals surface area contributed by atoms with Crippen molar-refractivity contribution < 1.29 is 19.0 Å². The number of benzene rings is 1. The summed E-state index contributed by atoms with van der Waals surface area (Å²) in [6, 6.07) is 8.82. The lowest BCUT2D eigenvalue weighted by Crippen LogP contribution is -1.97. The SMILES string of the molecule is CCOc1cccc(Sc2cc(C(=O)O)ccc2F)n1. The third-order valence-electron chi connectivity index (χ3n) is 2.38. The Kier molecular flexibility index (Phi) is 4.57. The van der Waals surface area contributed by atoms with Crippen LogP contribution in [0.3, 0.4) is 0 Å². The van der Waals surface area contributed by atoms with Crippen LogP contribution in [0.2, 0.25) is 0 Å². The fraction of sp³-hybridized carbons (Fsp3) is 0.143. The van der Waals surface area contributed by atoms with Crippen molar-refractivity contribution in [2.75, 3.05) is 6.61 Å². The zero-order valence-electron chi connectivity index (χ0n) is 10.7. The average molecular weight is 293 g/mol. The minimum absolute atomic E-state index is 0.0369. The van der Waals surface area contributed by atoms with Crippen LogP contribution in [0.15, 0.2) is 46.3 Å². The van der Waals surface area contributed by atoms with E-state index in [0.29, 0.717) is 17.5 Å². The van der Waals surface area contributed by atoms with E-state index in [-0.39, 0.29) is 10.5 Å². The van der Waals surface area contributed by atoms with Crippen LogP contribution >= 0.6 is 11.8 Å². The molecule has 104 valence electrons. The van der Waals surface area contributed by atoms with Gasteiger partial charge in [-0.05, 0) is 31.2 Å². The van der Waals surface area contributed by atoms with Gasteiger partial charge in [-0.25, -0.2) is 14.2 Å². The molecule has 0 amide bonds. The molecule has 0 saturated carbocycles. The molecule has 0 bridgehead atoms. The molecule has 1 aromatic heterocycles. The molecular formula is C14H12FNO3S. The summed E-state index contributed by atoms with van der Waals surface area (Å²) in [6.07, 6.45) is 0. The van der Waals surface area contributed by atoms with Crippen molar-refractivity contribution in [1.82, 2.24) is 4.98 Å². The number of nitrogens with zero attached hydrogens (tertiary/aromatic N) is 1. The predicted octanol–water partition coefficient (Wildman–Crippen LogP) is 3.47. The van der Waals surface area contributed by atoms with Gasteiger partial charge in [0, 0.05) is 6.07 Å². The Morgan fingerprint density at radius 1 is 1.40 bits per heavy atom. The Bertz CT molecular complexity index is 634. The first kappa shape index (κ1) is 14.3. The molecule has 0 atom stereocenters. The number of aromatic nitrogens is 1. The van der Waals surface area contributed by atoms with Crippen molar-refractivity contribution in [3.63, 3.8) is 0 Å². The molecule has 1 N–H and O–H groups in total. The third kappa shape index (κ3) is 3.48. The summed E-state index contributed by atoms with van der Waals surface area (Å²) in [7, 11) is 0. The summed E-state index contributed by atoms with van der Waals surface area (Å²) < 4.78 is 19.0. The second-order valence-corrected chi connectivity index (χ2v) is 4.86. The highest BCUT2D eigenvalue weighted by molar-refractivity contribution is 7.99. The van der Waals surface area contributed by atoms with Crippen LogP contribution in [0.4, 0.5) is 4.39 Å². The van der Waals surface area contributed by atoms with E-state index in [1.54, 1.807) is 18.2 Å². The highest BCUT2D eigenvalue weighted by Crippen LogP contribution is 2.30. The highest BCUT2D eigenvalue weighted by Gasteiger charge is 2.10. The normalized spacial score (nSPS) is 10.3. The first-order valence-corrected chi connectivity index (χ1v) is 6.72. The van der Waals surface area contributed by atoms with Gasteiger partial charge in [0.15, 0.2) is 0 Å². The lowest BCUT2D eigenvalue weighted by Gasteiger charge is -2.06. The third-order valence-corrected chi connectivity index (χ3v) is 3.35. The molecule has 20 heavy (non-hydrogen) atoms. The first-order valence-electron chi connectivity index (χ1n) is 5.90. The standard InChI is InChI=1S/C14H12FNO3S/c1-2-19-12-4-3-5-13(16-12)20-11-8-9(14(17)18)6-7-10(11)15/h3-8H,2H2,1H3,(H,17,18). The quantitative estimate of drug-likeness (QED) is 0.914. The van der Waals surface area contributed by atoms with Crippen molar-refractivity contribution >= 4 is 17.7 Å². The molecule has 2 rings (SSSR count). The van der Waals surface area contributed by atoms with Gasteiger partial charge < -0.3 is 9.84 Å². The van der Waals surface area contributed by atoms with Crippen molar-refractivity contribution in [3.8, 4) is 5.88 Å². The van der Waals surface area contributed by atoms with Crippen molar-refractivity contribution in [1.29, 1.82) is 0 Å². The fourth-order valence-corrected chi connectivity index (χ4v) is 2.37. The fourth-order valence-electron chi connectivity index (χ4n) is 1.51. The second-order valence-electron chi connectivity index (χ2n) is 3.80. The van der Waals surface area contributed by atoms with Gasteiger partial charge in [-0.2, -0.15) is 0 Å². The number of aromatic carboxylic acids is 1. The molecule has 0 unspecified atom stereocenters. The molecule has 6 heteroatoms. The summed E-state index contributed by atoms with van der Waals surface area (Å²) in [5, 5.41) is 9.45. The Morgan fingerprint density at radius 2 is 2.20 bits per heavy atom. The first-order chi connectivity index (χ1) is 9.60. The molecule has 2 aromatic rings. The Morgan fingerprint density at radius 3 is 2.90 bits per heavy atom. The summed E-state index contributed by atoms with van der Waals surface area (Å²) >= 11 is 1.06. The van der Waals surface area contributed by atoms with Gasteiger partial charge in [0.25, 0.3) is 0 Å². The molecule has 0 saturated heterocycles. The second kappa shape index (κ2) is 6.38. The van der Waals surface area contributed by atoms with Gasteiger partial charge in [0.1, 0.15) is 10.8 Å². The van der Waals surface area contributed by atoms with E-state index in [1.165, 1.54) is 12.1 Å². The Hall–Kier alpha value is -2.08. The summed E-state index contributed by atoms with van der Waals surface area (Å²) in [5.41, 5.74) is 0.0369. The van der Waals surface area contributed by atoms with Gasteiger partial charge in [-0.3, -0.25) is 0 Å². The minimum Gasteiger partial charge on any atom is -0.478 e. The van der Waals surface area contributed by atoms with Crippen LogP contribution in [0.5, 0.6) is 5.88 Å². The van der Waals surface area contributed by atoms with E-state index in [4.69, 9.17) is 9.84 Å². The van der Waals surface area contributed by atoms with Crippen LogP contribution in [0, 0.1) is 5.82 Å². The number of ether oxygens (including phenoxy) is 1. The van der Waals surface area contributed by atoms with Gasteiger partial charge in [0.05, 0.1) is 17.1 Å². The summed E-state index contributed by atoms with van der Waals surface area (Å²) in [6.45, 7) is 2.33. The number of pyridine rings is 1. The number of halogens is 1. The average Bonchev–Trinajstić information content (AvgIpc) is 2.42. The van der Waals surface area contributed by atoms with Crippen molar-refractivity contribution in [3.05, 3.63) is 47.8 Å². The van der Waals surface area contributed by atoms with E-state index in [9.17, 15) is 9.18 Å². The monoisotopic (exact) mass is 293 g/mol. The highest BCUT2D eigenvalue weighted by atomic mass is 32.2. The lowest BCUT2D eigenvalue weighted by atomic mass is 10.2. The maximum absolute atomic E-state index is 13.7. The molecule has 4 nitrogen and oxygen atoms in total. The molecular weight excluding hydrogens is 281 g/mol. The van der Waals surface area contributed by atoms with E-state index in [1.807, 2.05) is 6.92 Å². The van der Waals surface area contributed by atoms with Gasteiger partial charge in [-0.1, -0.05) is 17.8 Å². The number of carboxylic acid groups (broad SMARTS) is 1. The van der Waals surface area contributed by atoms with E-state index in [0.717, 1.165) is 17.8 Å². The van der Waals surface area contributed by atoms with E-state index >= 15 is 0 Å². The number of rotatable bonds is 5. The van der Waals surface area contributed by atoms with Gasteiger partial charge in [0.2, 0.25) is 5.88 Å². The minimum atomic E-state index is -1.09. The molecule has 0 aliphatic heterocycles. The van der Waals surface area contributed by atoms with Crippen molar-refractivity contribution in [2.24, 2.45) is 0 Å². The zero-order valence-corrected chi connectivity index (χ0v) is 11.5. The smallest absolute Gasteiger partial charge is 0.335 e. The molecule has 0 spiro atoms. The molecule has 0 fully saturated rings. The van der Waals surface area contributed by atoms with Crippen LogP contribution in [-0.4, -0.2) is 22.7 Å². The van der Waals surface area contributed by atoms with Gasteiger partial charge >= 0.3 is 5.97 Å². The van der Waals surface area contributed by atoms with Gasteiger partial charge in [-0.15, -0.1) is 0 Å². The topological polar surface area (TPSA) is 59.4 Å². The molecule has 0 aliphatic rings.